The van der Waals surface area contributed by atoms with E-state index in [9.17, 15) is 39.0 Å². The molecule has 1 rings (SSSR count). The zero-order valence-electron chi connectivity index (χ0n) is 19.5. The molecule has 1 aromatic carbocycles. The highest BCUT2D eigenvalue weighted by atomic mass is 16.4. The van der Waals surface area contributed by atoms with E-state index in [1.807, 2.05) is 0 Å². The molecule has 0 aliphatic rings. The van der Waals surface area contributed by atoms with E-state index in [4.69, 9.17) is 16.6 Å². The van der Waals surface area contributed by atoms with Crippen LogP contribution >= 0.6 is 0 Å². The number of nitrogens with one attached hydrogen (secondary N) is 3. The Morgan fingerprint density at radius 1 is 0.889 bits per heavy atom. The minimum Gasteiger partial charge on any atom is -0.481 e. The van der Waals surface area contributed by atoms with E-state index in [2.05, 4.69) is 16.0 Å². The Morgan fingerprint density at radius 2 is 1.44 bits per heavy atom. The van der Waals surface area contributed by atoms with Gasteiger partial charge >= 0.3 is 11.9 Å². The standard InChI is InChI=1S/C22H31N5O9/c1-11(28)18(22(35)36)27-20(33)14(7-8-16(24)29)25-21(34)15(9-12-5-3-2-4-6-12)26-19(32)13(23)10-17(30)31/h2-6,11,13-15,18,28H,7-10,23H2,1H3,(H2,24,29)(H,25,34)(H,26,32)(H,27,33)(H,30,31)(H,35,36). The van der Waals surface area contributed by atoms with Crippen molar-refractivity contribution in [3.05, 3.63) is 35.9 Å². The van der Waals surface area contributed by atoms with Gasteiger partial charge in [-0.15, -0.1) is 0 Å². The molecular weight excluding hydrogens is 478 g/mol. The summed E-state index contributed by atoms with van der Waals surface area (Å²) in [4.78, 5) is 71.7. The van der Waals surface area contributed by atoms with Crippen molar-refractivity contribution in [2.24, 2.45) is 11.5 Å². The summed E-state index contributed by atoms with van der Waals surface area (Å²) in [5, 5.41) is 34.5. The topological polar surface area (TPSA) is 251 Å². The monoisotopic (exact) mass is 509 g/mol. The third-order valence-corrected chi connectivity index (χ3v) is 5.01. The molecule has 14 nitrogen and oxygen atoms in total. The van der Waals surface area contributed by atoms with E-state index < -0.39 is 72.3 Å². The number of aliphatic hydroxyl groups excluding tert-OH is 1. The van der Waals surface area contributed by atoms with Gasteiger partial charge in [0, 0.05) is 12.8 Å². The minimum atomic E-state index is -1.70. The summed E-state index contributed by atoms with van der Waals surface area (Å²) in [5.74, 6) is -6.46. The first-order valence-corrected chi connectivity index (χ1v) is 10.9. The lowest BCUT2D eigenvalue weighted by Crippen LogP contribution is -2.58. The molecular formula is C22H31N5O9. The van der Waals surface area contributed by atoms with Crippen LogP contribution in [0.5, 0.6) is 0 Å². The number of carbonyl (C=O) groups is 6. The highest BCUT2D eigenvalue weighted by molar-refractivity contribution is 5.95. The van der Waals surface area contributed by atoms with Crippen molar-refractivity contribution in [2.45, 2.75) is 62.9 Å². The van der Waals surface area contributed by atoms with Crippen LogP contribution in [0, 0.1) is 0 Å². The van der Waals surface area contributed by atoms with E-state index in [1.54, 1.807) is 30.3 Å². The largest absolute Gasteiger partial charge is 0.481 e. The maximum Gasteiger partial charge on any atom is 0.328 e. The molecule has 198 valence electrons. The Morgan fingerprint density at radius 3 is 1.94 bits per heavy atom. The Balaban J connectivity index is 3.14. The fourth-order valence-electron chi connectivity index (χ4n) is 3.09. The second kappa shape index (κ2) is 14.4. The fourth-order valence-corrected chi connectivity index (χ4v) is 3.09. The third-order valence-electron chi connectivity index (χ3n) is 5.01. The van der Waals surface area contributed by atoms with Gasteiger partial charge in [-0.05, 0) is 18.9 Å². The molecule has 0 aromatic heterocycles. The van der Waals surface area contributed by atoms with Gasteiger partial charge in [0.25, 0.3) is 0 Å². The number of carboxylic acid groups (broad SMARTS) is 2. The third kappa shape index (κ3) is 10.5. The lowest BCUT2D eigenvalue weighted by atomic mass is 10.0. The second-order valence-corrected chi connectivity index (χ2v) is 8.09. The first kappa shape index (κ1) is 30.0. The second-order valence-electron chi connectivity index (χ2n) is 8.09. The van der Waals surface area contributed by atoms with Crippen LogP contribution in [0.25, 0.3) is 0 Å². The number of hydrogen-bond acceptors (Lipinski definition) is 8. The van der Waals surface area contributed by atoms with Gasteiger partial charge in [0.2, 0.25) is 23.6 Å². The highest BCUT2D eigenvalue weighted by Crippen LogP contribution is 2.07. The van der Waals surface area contributed by atoms with Crippen LogP contribution in [0.15, 0.2) is 30.3 Å². The molecule has 4 amide bonds. The van der Waals surface area contributed by atoms with E-state index in [0.29, 0.717) is 5.56 Å². The Kier molecular flexibility index (Phi) is 12.0. The molecule has 0 aliphatic carbocycles. The quantitative estimate of drug-likeness (QED) is 0.121. The Bertz CT molecular complexity index is 954. The summed E-state index contributed by atoms with van der Waals surface area (Å²) in [6, 6.07) is 2.53. The van der Waals surface area contributed by atoms with Gasteiger partial charge in [-0.3, -0.25) is 24.0 Å². The molecule has 36 heavy (non-hydrogen) atoms. The van der Waals surface area contributed by atoms with Crippen LogP contribution in [0.1, 0.15) is 31.7 Å². The number of carboxylic acids is 2. The summed E-state index contributed by atoms with van der Waals surface area (Å²) < 4.78 is 0. The molecule has 5 atom stereocenters. The summed E-state index contributed by atoms with van der Waals surface area (Å²) in [5.41, 5.74) is 11.3. The number of carbonyl (C=O) groups excluding carboxylic acids is 4. The molecule has 0 radical (unpaired) electrons. The average Bonchev–Trinajstić information content (AvgIpc) is 2.78. The van der Waals surface area contributed by atoms with E-state index in [1.165, 1.54) is 0 Å². The number of primary amides is 1. The van der Waals surface area contributed by atoms with Gasteiger partial charge in [-0.1, -0.05) is 30.3 Å². The van der Waals surface area contributed by atoms with Gasteiger partial charge < -0.3 is 42.7 Å². The molecule has 0 heterocycles. The number of aliphatic carboxylic acids is 2. The molecule has 0 spiro atoms. The molecule has 0 bridgehead atoms. The lowest BCUT2D eigenvalue weighted by Gasteiger charge is -2.25. The number of nitrogens with two attached hydrogens (primary N) is 2. The lowest BCUT2D eigenvalue weighted by molar-refractivity contribution is -0.145. The summed E-state index contributed by atoms with van der Waals surface area (Å²) >= 11 is 0. The van der Waals surface area contributed by atoms with Gasteiger partial charge in [0.15, 0.2) is 6.04 Å². The summed E-state index contributed by atoms with van der Waals surface area (Å²) in [6.45, 7) is 1.14. The van der Waals surface area contributed by atoms with Crippen molar-refractivity contribution in [3.8, 4) is 0 Å². The number of aliphatic hydroxyl groups is 1. The highest BCUT2D eigenvalue weighted by Gasteiger charge is 2.32. The maximum atomic E-state index is 13.1. The van der Waals surface area contributed by atoms with E-state index >= 15 is 0 Å². The summed E-state index contributed by atoms with van der Waals surface area (Å²) in [6.07, 6.45) is -2.87. The smallest absolute Gasteiger partial charge is 0.328 e. The molecule has 14 heteroatoms. The molecule has 1 aromatic rings. The number of amides is 4. The predicted molar refractivity (Wildman–Crippen MR) is 124 cm³/mol. The molecule has 0 fully saturated rings. The summed E-state index contributed by atoms with van der Waals surface area (Å²) in [7, 11) is 0. The zero-order valence-corrected chi connectivity index (χ0v) is 19.5. The first-order valence-electron chi connectivity index (χ1n) is 10.9. The van der Waals surface area contributed by atoms with Crippen molar-refractivity contribution >= 4 is 35.6 Å². The average molecular weight is 510 g/mol. The molecule has 0 aliphatic heterocycles. The maximum absolute atomic E-state index is 13.1. The molecule has 5 unspecified atom stereocenters. The van der Waals surface area contributed by atoms with E-state index in [0.717, 1.165) is 6.92 Å². The predicted octanol–water partition coefficient (Wildman–Crippen LogP) is -2.78. The SMILES string of the molecule is CC(O)C(NC(=O)C(CCC(N)=O)NC(=O)C(Cc1ccccc1)NC(=O)C(N)CC(=O)O)C(=O)O. The molecule has 0 saturated carbocycles. The number of rotatable bonds is 15. The number of hydrogen-bond donors (Lipinski definition) is 8. The van der Waals surface area contributed by atoms with Crippen molar-refractivity contribution < 1.29 is 44.1 Å². The van der Waals surface area contributed by atoms with Gasteiger partial charge in [0.05, 0.1) is 18.6 Å². The van der Waals surface area contributed by atoms with E-state index in [-0.39, 0.29) is 19.3 Å². The van der Waals surface area contributed by atoms with Crippen LogP contribution in [-0.4, -0.2) is 81.2 Å². The molecule has 0 saturated heterocycles. The van der Waals surface area contributed by atoms with Gasteiger partial charge in [-0.25, -0.2) is 4.79 Å². The van der Waals surface area contributed by atoms with Crippen LogP contribution < -0.4 is 27.4 Å². The van der Waals surface area contributed by atoms with Crippen molar-refractivity contribution in [1.82, 2.24) is 16.0 Å². The van der Waals surface area contributed by atoms with Crippen LogP contribution in [0.3, 0.4) is 0 Å². The normalized spacial score (nSPS) is 14.9. The van der Waals surface area contributed by atoms with Crippen molar-refractivity contribution in [1.29, 1.82) is 0 Å². The van der Waals surface area contributed by atoms with Crippen molar-refractivity contribution in [2.75, 3.05) is 0 Å². The fraction of sp³-hybridized carbons (Fsp3) is 0.455. The minimum absolute atomic E-state index is 0.0617. The zero-order chi connectivity index (χ0) is 27.4. The van der Waals surface area contributed by atoms with Crippen molar-refractivity contribution in [3.63, 3.8) is 0 Å². The van der Waals surface area contributed by atoms with Gasteiger partial charge in [-0.2, -0.15) is 0 Å². The Hall–Kier alpha value is -4.04. The van der Waals surface area contributed by atoms with Gasteiger partial charge in [0.1, 0.15) is 12.1 Å². The first-order chi connectivity index (χ1) is 16.8. The van der Waals surface area contributed by atoms with Crippen LogP contribution in [-0.2, 0) is 35.2 Å². The molecule has 10 N–H and O–H groups in total. The number of benzene rings is 1. The Labute approximate surface area is 206 Å². The van der Waals surface area contributed by atoms with Crippen LogP contribution in [0.4, 0.5) is 0 Å². The van der Waals surface area contributed by atoms with Crippen LogP contribution in [0.2, 0.25) is 0 Å².